The van der Waals surface area contributed by atoms with Crippen molar-refractivity contribution in [2.75, 3.05) is 0 Å². The van der Waals surface area contributed by atoms with E-state index in [9.17, 15) is 9.90 Å². The molecule has 3 heteroatoms. The van der Waals surface area contributed by atoms with Crippen LogP contribution in [0.15, 0.2) is 12.1 Å². The molecule has 0 saturated heterocycles. The summed E-state index contributed by atoms with van der Waals surface area (Å²) in [5.74, 6) is 0.335. The highest BCUT2D eigenvalue weighted by Crippen LogP contribution is 2.33. The molecule has 1 N–H and O–H groups in total. The second-order valence-corrected chi connectivity index (χ2v) is 4.13. The molecule has 80 valence electrons. The Balaban J connectivity index is 2.49. The van der Waals surface area contributed by atoms with Gasteiger partial charge in [-0.2, -0.15) is 0 Å². The fraction of sp³-hybridized carbons (Fsp3) is 0.417. The number of esters is 1. The van der Waals surface area contributed by atoms with E-state index >= 15 is 0 Å². The zero-order valence-electron chi connectivity index (χ0n) is 8.91. The molecule has 2 rings (SSSR count). The van der Waals surface area contributed by atoms with Crippen molar-refractivity contribution in [3.8, 4) is 5.75 Å². The summed E-state index contributed by atoms with van der Waals surface area (Å²) in [6.07, 6.45) is 0.265. The quantitative estimate of drug-likeness (QED) is 0.716. The number of fused-ring (bicyclic) bond motifs is 1. The average Bonchev–Trinajstić information content (AvgIpc) is 2.17. The number of ether oxygens (including phenoxy) is 1. The van der Waals surface area contributed by atoms with Crippen LogP contribution in [0.4, 0.5) is 0 Å². The Morgan fingerprint density at radius 3 is 2.80 bits per heavy atom. The topological polar surface area (TPSA) is 46.5 Å². The van der Waals surface area contributed by atoms with Crippen LogP contribution in [0.3, 0.4) is 0 Å². The number of aromatic hydroxyl groups is 1. The third-order valence-corrected chi connectivity index (χ3v) is 2.75. The van der Waals surface area contributed by atoms with E-state index < -0.39 is 0 Å². The third kappa shape index (κ3) is 1.69. The van der Waals surface area contributed by atoms with E-state index in [-0.39, 0.29) is 30.7 Å². The average molecular weight is 206 g/mol. The zero-order chi connectivity index (χ0) is 11.0. The number of phenolic OH excluding ortho intramolecular Hbond substituents is 1. The van der Waals surface area contributed by atoms with Crippen molar-refractivity contribution in [2.24, 2.45) is 0 Å². The van der Waals surface area contributed by atoms with Crippen LogP contribution in [-0.4, -0.2) is 11.1 Å². The first kappa shape index (κ1) is 10.0. The van der Waals surface area contributed by atoms with Crippen LogP contribution in [0.5, 0.6) is 5.75 Å². The number of hydrogen-bond acceptors (Lipinski definition) is 3. The van der Waals surface area contributed by atoms with Gasteiger partial charge in [-0.15, -0.1) is 0 Å². The molecule has 0 bridgehead atoms. The van der Waals surface area contributed by atoms with Crippen molar-refractivity contribution in [3.63, 3.8) is 0 Å². The van der Waals surface area contributed by atoms with Crippen molar-refractivity contribution in [2.45, 2.75) is 32.8 Å². The highest BCUT2D eigenvalue weighted by Gasteiger charge is 2.21. The number of hydrogen-bond donors (Lipinski definition) is 1. The Bertz CT molecular complexity index is 408. The Morgan fingerprint density at radius 1 is 1.40 bits per heavy atom. The van der Waals surface area contributed by atoms with Gasteiger partial charge in [-0.3, -0.25) is 4.79 Å². The normalized spacial score (nSPS) is 15.0. The SMILES string of the molecule is CC(C)c1ccc2c(c1O)COC(=O)C2. The number of benzene rings is 1. The lowest BCUT2D eigenvalue weighted by Crippen LogP contribution is -2.16. The number of carbonyl (C=O) groups is 1. The van der Waals surface area contributed by atoms with Crippen molar-refractivity contribution in [1.29, 1.82) is 0 Å². The molecule has 3 nitrogen and oxygen atoms in total. The van der Waals surface area contributed by atoms with E-state index in [1.807, 2.05) is 26.0 Å². The van der Waals surface area contributed by atoms with Crippen LogP contribution in [0.2, 0.25) is 0 Å². The second-order valence-electron chi connectivity index (χ2n) is 4.13. The largest absolute Gasteiger partial charge is 0.507 e. The van der Waals surface area contributed by atoms with E-state index in [1.165, 1.54) is 0 Å². The maximum absolute atomic E-state index is 11.1. The number of carbonyl (C=O) groups excluding carboxylic acids is 1. The molecule has 0 radical (unpaired) electrons. The highest BCUT2D eigenvalue weighted by atomic mass is 16.5. The van der Waals surface area contributed by atoms with Gasteiger partial charge in [0, 0.05) is 5.56 Å². The van der Waals surface area contributed by atoms with Crippen LogP contribution >= 0.6 is 0 Å². The number of phenols is 1. The molecule has 0 saturated carbocycles. The van der Waals surface area contributed by atoms with Gasteiger partial charge in [0.25, 0.3) is 0 Å². The summed E-state index contributed by atoms with van der Waals surface area (Å²) in [5, 5.41) is 10.0. The van der Waals surface area contributed by atoms with E-state index in [1.54, 1.807) is 0 Å². The molecular weight excluding hydrogens is 192 g/mol. The molecule has 1 aliphatic heterocycles. The molecule has 0 aliphatic carbocycles. The lowest BCUT2D eigenvalue weighted by atomic mass is 9.93. The summed E-state index contributed by atoms with van der Waals surface area (Å²) in [7, 11) is 0. The first-order chi connectivity index (χ1) is 7.09. The lowest BCUT2D eigenvalue weighted by Gasteiger charge is -2.20. The minimum Gasteiger partial charge on any atom is -0.507 e. The van der Waals surface area contributed by atoms with Gasteiger partial charge in [0.15, 0.2) is 0 Å². The molecule has 0 spiro atoms. The molecule has 1 aromatic carbocycles. The van der Waals surface area contributed by atoms with E-state index in [2.05, 4.69) is 0 Å². The highest BCUT2D eigenvalue weighted by molar-refractivity contribution is 5.75. The standard InChI is InChI=1S/C12H14O3/c1-7(2)9-4-3-8-5-11(13)15-6-10(8)12(9)14/h3-4,7,14H,5-6H2,1-2H3. The predicted octanol–water partition coefficient (Wildman–Crippen LogP) is 2.11. The van der Waals surface area contributed by atoms with E-state index in [0.29, 0.717) is 0 Å². The molecule has 0 amide bonds. The van der Waals surface area contributed by atoms with Gasteiger partial charge in [-0.25, -0.2) is 0 Å². The van der Waals surface area contributed by atoms with E-state index in [4.69, 9.17) is 4.74 Å². The Hall–Kier alpha value is -1.51. The van der Waals surface area contributed by atoms with Gasteiger partial charge < -0.3 is 9.84 Å². The van der Waals surface area contributed by atoms with Gasteiger partial charge in [0.05, 0.1) is 6.42 Å². The van der Waals surface area contributed by atoms with Gasteiger partial charge >= 0.3 is 5.97 Å². The second kappa shape index (κ2) is 3.57. The first-order valence-corrected chi connectivity index (χ1v) is 5.09. The molecule has 0 aromatic heterocycles. The summed E-state index contributed by atoms with van der Waals surface area (Å²) in [5.41, 5.74) is 2.56. The fourth-order valence-corrected chi connectivity index (χ4v) is 1.85. The summed E-state index contributed by atoms with van der Waals surface area (Å²) in [6, 6.07) is 3.79. The van der Waals surface area contributed by atoms with Crippen LogP contribution in [0.1, 0.15) is 36.5 Å². The van der Waals surface area contributed by atoms with Crippen LogP contribution < -0.4 is 0 Å². The van der Waals surface area contributed by atoms with Crippen molar-refractivity contribution < 1.29 is 14.6 Å². The minimum absolute atomic E-state index is 0.195. The smallest absolute Gasteiger partial charge is 0.310 e. The Labute approximate surface area is 88.7 Å². The summed E-state index contributed by atoms with van der Waals surface area (Å²) < 4.78 is 4.92. The van der Waals surface area contributed by atoms with Crippen molar-refractivity contribution >= 4 is 5.97 Å². The number of rotatable bonds is 1. The first-order valence-electron chi connectivity index (χ1n) is 5.09. The lowest BCUT2D eigenvalue weighted by molar-refractivity contribution is -0.145. The molecular formula is C12H14O3. The maximum atomic E-state index is 11.1. The molecule has 1 aliphatic rings. The fourth-order valence-electron chi connectivity index (χ4n) is 1.85. The van der Waals surface area contributed by atoms with Crippen LogP contribution in [0.25, 0.3) is 0 Å². The van der Waals surface area contributed by atoms with Gasteiger partial charge in [0.1, 0.15) is 12.4 Å². The molecule has 0 fully saturated rings. The predicted molar refractivity (Wildman–Crippen MR) is 55.7 cm³/mol. The van der Waals surface area contributed by atoms with Crippen LogP contribution in [-0.2, 0) is 22.6 Å². The Kier molecular flexibility index (Phi) is 2.39. The molecule has 15 heavy (non-hydrogen) atoms. The molecule has 1 heterocycles. The van der Waals surface area contributed by atoms with Gasteiger partial charge in [-0.1, -0.05) is 26.0 Å². The van der Waals surface area contributed by atoms with Crippen molar-refractivity contribution in [3.05, 3.63) is 28.8 Å². The molecule has 1 aromatic rings. The Morgan fingerprint density at radius 2 is 2.13 bits per heavy atom. The number of cyclic esters (lactones) is 1. The zero-order valence-corrected chi connectivity index (χ0v) is 8.91. The summed E-state index contributed by atoms with van der Waals surface area (Å²) >= 11 is 0. The third-order valence-electron chi connectivity index (χ3n) is 2.75. The maximum Gasteiger partial charge on any atom is 0.310 e. The van der Waals surface area contributed by atoms with Gasteiger partial charge in [0.2, 0.25) is 0 Å². The van der Waals surface area contributed by atoms with Crippen LogP contribution in [0, 0.1) is 0 Å². The molecule has 0 unspecified atom stereocenters. The van der Waals surface area contributed by atoms with Gasteiger partial charge in [-0.05, 0) is 17.0 Å². The minimum atomic E-state index is -0.223. The summed E-state index contributed by atoms with van der Waals surface area (Å²) in [4.78, 5) is 11.1. The monoisotopic (exact) mass is 206 g/mol. The van der Waals surface area contributed by atoms with E-state index in [0.717, 1.165) is 16.7 Å². The van der Waals surface area contributed by atoms with Crippen molar-refractivity contribution in [1.82, 2.24) is 0 Å². The molecule has 0 atom stereocenters. The summed E-state index contributed by atoms with van der Waals surface area (Å²) in [6.45, 7) is 4.24.